The number of urea groups is 1. The average Bonchev–Trinajstić information content (AvgIpc) is 3.24. The van der Waals surface area contributed by atoms with E-state index >= 15 is 0 Å². The van der Waals surface area contributed by atoms with Gasteiger partial charge in [0.2, 0.25) is 5.89 Å². The van der Waals surface area contributed by atoms with Gasteiger partial charge in [-0.3, -0.25) is 0 Å². The smallest absolute Gasteiger partial charge is 0.319 e. The van der Waals surface area contributed by atoms with Crippen molar-refractivity contribution in [3.8, 4) is 11.5 Å². The second-order valence-corrected chi connectivity index (χ2v) is 6.57. The van der Waals surface area contributed by atoms with E-state index in [2.05, 4.69) is 29.5 Å². The van der Waals surface area contributed by atoms with E-state index in [-0.39, 0.29) is 24.6 Å². The number of amides is 2. The highest BCUT2D eigenvalue weighted by Crippen LogP contribution is 2.24. The van der Waals surface area contributed by atoms with E-state index in [4.69, 9.17) is 9.52 Å². The molecule has 0 unspecified atom stereocenters. The minimum atomic E-state index is -0.265. The Kier molecular flexibility index (Phi) is 5.19. The molecule has 0 aliphatic heterocycles. The lowest BCUT2D eigenvalue weighted by atomic mass is 10.1. The van der Waals surface area contributed by atoms with Gasteiger partial charge in [0.1, 0.15) is 5.76 Å². The van der Waals surface area contributed by atoms with Crippen molar-refractivity contribution in [2.75, 3.05) is 11.9 Å². The molecule has 0 spiro atoms. The Morgan fingerprint density at radius 3 is 2.68 bits per heavy atom. The second kappa shape index (κ2) is 7.53. The van der Waals surface area contributed by atoms with Crippen molar-refractivity contribution in [1.29, 1.82) is 0 Å². The molecule has 1 aliphatic carbocycles. The normalized spacial score (nSPS) is 19.4. The number of hydrogen-bond donors (Lipinski definition) is 3. The Balaban J connectivity index is 1.57. The predicted octanol–water partition coefficient (Wildman–Crippen LogP) is 3.52. The molecule has 2 atom stereocenters. The molecule has 1 aromatic heterocycles. The number of benzene rings is 1. The van der Waals surface area contributed by atoms with Gasteiger partial charge in [-0.2, -0.15) is 0 Å². The summed E-state index contributed by atoms with van der Waals surface area (Å²) in [6.45, 7) is 4.22. The molecule has 1 heterocycles. The van der Waals surface area contributed by atoms with Crippen LogP contribution in [0.1, 0.15) is 31.9 Å². The van der Waals surface area contributed by atoms with Crippen LogP contribution in [0, 0.1) is 5.92 Å². The van der Waals surface area contributed by atoms with Gasteiger partial charge in [0.15, 0.2) is 0 Å². The van der Waals surface area contributed by atoms with Gasteiger partial charge in [0.05, 0.1) is 6.20 Å². The fraction of sp³-hybridized carbons (Fsp3) is 0.368. The summed E-state index contributed by atoms with van der Waals surface area (Å²) in [5.41, 5.74) is 1.56. The quantitative estimate of drug-likeness (QED) is 0.726. The number of aliphatic hydroxyl groups excluding tert-OH is 1. The highest BCUT2D eigenvalue weighted by Gasteiger charge is 2.19. The summed E-state index contributed by atoms with van der Waals surface area (Å²) in [4.78, 5) is 16.3. The van der Waals surface area contributed by atoms with E-state index in [0.717, 1.165) is 17.7 Å². The number of nitrogens with zero attached hydrogens (tertiary/aromatic N) is 1. The fourth-order valence-corrected chi connectivity index (χ4v) is 2.74. The number of rotatable bonds is 5. The Labute approximate surface area is 147 Å². The lowest BCUT2D eigenvalue weighted by Gasteiger charge is -2.13. The molecule has 132 valence electrons. The van der Waals surface area contributed by atoms with Crippen molar-refractivity contribution in [1.82, 2.24) is 10.3 Å². The van der Waals surface area contributed by atoms with Crippen LogP contribution in [0.15, 0.2) is 47.0 Å². The lowest BCUT2D eigenvalue weighted by molar-refractivity contribution is 0.238. The molecular formula is C19H23N3O3. The van der Waals surface area contributed by atoms with Crippen LogP contribution in [0.25, 0.3) is 11.5 Å². The van der Waals surface area contributed by atoms with Crippen molar-refractivity contribution in [3.05, 3.63) is 48.4 Å². The van der Waals surface area contributed by atoms with Gasteiger partial charge in [-0.1, -0.05) is 26.0 Å². The van der Waals surface area contributed by atoms with E-state index in [1.807, 2.05) is 36.4 Å². The summed E-state index contributed by atoms with van der Waals surface area (Å²) >= 11 is 0. The van der Waals surface area contributed by atoms with Crippen LogP contribution in [0.3, 0.4) is 0 Å². The number of carbonyl (C=O) groups is 1. The zero-order valence-corrected chi connectivity index (χ0v) is 14.4. The van der Waals surface area contributed by atoms with Crippen LogP contribution < -0.4 is 10.6 Å². The molecule has 0 radical (unpaired) electrons. The number of anilines is 1. The van der Waals surface area contributed by atoms with Crippen molar-refractivity contribution < 1.29 is 14.3 Å². The molecule has 25 heavy (non-hydrogen) atoms. The molecule has 3 rings (SSSR count). The lowest BCUT2D eigenvalue weighted by Crippen LogP contribution is -2.36. The maximum Gasteiger partial charge on any atom is 0.319 e. The third kappa shape index (κ3) is 4.28. The molecule has 0 fully saturated rings. The number of aliphatic hydroxyl groups is 1. The van der Waals surface area contributed by atoms with Gasteiger partial charge in [0.25, 0.3) is 0 Å². The van der Waals surface area contributed by atoms with Crippen LogP contribution in [-0.4, -0.2) is 28.8 Å². The van der Waals surface area contributed by atoms with Crippen molar-refractivity contribution >= 4 is 11.7 Å². The molecule has 2 amide bonds. The SMILES string of the molecule is CC(C)c1cnc(-c2ccc(NC(=O)N[C@@H]3C=C[C@H](CO)C3)cc2)o1. The summed E-state index contributed by atoms with van der Waals surface area (Å²) in [5, 5.41) is 14.8. The molecule has 6 nitrogen and oxygen atoms in total. The number of aromatic nitrogens is 1. The number of oxazole rings is 1. The standard InChI is InChI=1S/C19H23N3O3/c1-12(2)17-10-20-18(25-17)14-4-7-15(8-5-14)21-19(24)22-16-6-3-13(9-16)11-23/h3-8,10,12-13,16,23H,9,11H2,1-2H3,(H2,21,22,24)/t13-,16+/m0/s1. The second-order valence-electron chi connectivity index (χ2n) is 6.57. The zero-order chi connectivity index (χ0) is 17.8. The van der Waals surface area contributed by atoms with Crippen LogP contribution in [0.5, 0.6) is 0 Å². The van der Waals surface area contributed by atoms with Gasteiger partial charge >= 0.3 is 6.03 Å². The van der Waals surface area contributed by atoms with Crippen LogP contribution in [0.2, 0.25) is 0 Å². The van der Waals surface area contributed by atoms with E-state index in [0.29, 0.717) is 17.5 Å². The van der Waals surface area contributed by atoms with Crippen molar-refractivity contribution in [2.24, 2.45) is 5.92 Å². The molecule has 2 aromatic rings. The summed E-state index contributed by atoms with van der Waals surface area (Å²) < 4.78 is 5.72. The Hall–Kier alpha value is -2.60. The first-order valence-electron chi connectivity index (χ1n) is 8.48. The maximum atomic E-state index is 12.0. The summed E-state index contributed by atoms with van der Waals surface area (Å²) in [6.07, 6.45) is 6.32. The predicted molar refractivity (Wildman–Crippen MR) is 96.3 cm³/mol. The molecular weight excluding hydrogens is 318 g/mol. The van der Waals surface area contributed by atoms with Gasteiger partial charge in [0, 0.05) is 35.7 Å². The first-order chi connectivity index (χ1) is 12.0. The topological polar surface area (TPSA) is 87.4 Å². The monoisotopic (exact) mass is 341 g/mol. The van der Waals surface area contributed by atoms with Gasteiger partial charge in [-0.05, 0) is 30.7 Å². The average molecular weight is 341 g/mol. The minimum absolute atomic E-state index is 0.0433. The third-order valence-electron chi connectivity index (χ3n) is 4.21. The molecule has 1 aromatic carbocycles. The van der Waals surface area contributed by atoms with E-state index < -0.39 is 0 Å². The number of carbonyl (C=O) groups excluding carboxylic acids is 1. The largest absolute Gasteiger partial charge is 0.441 e. The maximum absolute atomic E-state index is 12.0. The van der Waals surface area contributed by atoms with Gasteiger partial charge < -0.3 is 20.2 Å². The van der Waals surface area contributed by atoms with Crippen LogP contribution in [-0.2, 0) is 0 Å². The molecule has 0 saturated carbocycles. The number of hydrogen-bond acceptors (Lipinski definition) is 4. The zero-order valence-electron chi connectivity index (χ0n) is 14.4. The van der Waals surface area contributed by atoms with E-state index in [9.17, 15) is 4.79 Å². The molecule has 6 heteroatoms. The highest BCUT2D eigenvalue weighted by atomic mass is 16.4. The van der Waals surface area contributed by atoms with Crippen molar-refractivity contribution in [3.63, 3.8) is 0 Å². The summed E-state index contributed by atoms with van der Waals surface area (Å²) in [6, 6.07) is 7.05. The summed E-state index contributed by atoms with van der Waals surface area (Å²) in [7, 11) is 0. The molecule has 3 N–H and O–H groups in total. The van der Waals surface area contributed by atoms with Crippen LogP contribution >= 0.6 is 0 Å². The van der Waals surface area contributed by atoms with Gasteiger partial charge in [-0.25, -0.2) is 9.78 Å². The first kappa shape index (κ1) is 17.2. The highest BCUT2D eigenvalue weighted by molar-refractivity contribution is 5.89. The Morgan fingerprint density at radius 1 is 1.32 bits per heavy atom. The minimum Gasteiger partial charge on any atom is -0.441 e. The van der Waals surface area contributed by atoms with Crippen molar-refractivity contribution in [2.45, 2.75) is 32.2 Å². The first-order valence-corrected chi connectivity index (χ1v) is 8.48. The third-order valence-corrected chi connectivity index (χ3v) is 4.21. The molecule has 0 bridgehead atoms. The van der Waals surface area contributed by atoms with E-state index in [1.165, 1.54) is 0 Å². The van der Waals surface area contributed by atoms with Crippen LogP contribution in [0.4, 0.5) is 10.5 Å². The number of nitrogens with one attached hydrogen (secondary N) is 2. The molecule has 1 aliphatic rings. The Bertz CT molecular complexity index is 750. The van der Waals surface area contributed by atoms with E-state index in [1.54, 1.807) is 6.20 Å². The fourth-order valence-electron chi connectivity index (χ4n) is 2.74. The van der Waals surface area contributed by atoms with Gasteiger partial charge in [-0.15, -0.1) is 0 Å². The Morgan fingerprint density at radius 2 is 2.08 bits per heavy atom. The molecule has 0 saturated heterocycles. The summed E-state index contributed by atoms with van der Waals surface area (Å²) in [5.74, 6) is 1.84.